The molecule has 0 aliphatic rings. The van der Waals surface area contributed by atoms with E-state index in [0.717, 1.165) is 0 Å². The zero-order chi connectivity index (χ0) is 15.4. The van der Waals surface area contributed by atoms with E-state index in [2.05, 4.69) is 15.0 Å². The summed E-state index contributed by atoms with van der Waals surface area (Å²) in [4.78, 5) is 22.9. The highest BCUT2D eigenvalue weighted by atomic mass is 16.5. The van der Waals surface area contributed by atoms with Crippen molar-refractivity contribution < 1.29 is 24.1 Å². The van der Waals surface area contributed by atoms with Crippen molar-refractivity contribution in [3.63, 3.8) is 0 Å². The van der Waals surface area contributed by atoms with Crippen LogP contribution >= 0.6 is 0 Å². The number of methoxy groups -OCH3 is 2. The molecule has 21 heavy (non-hydrogen) atoms. The lowest BCUT2D eigenvalue weighted by molar-refractivity contribution is 0.0694. The van der Waals surface area contributed by atoms with Gasteiger partial charge in [-0.25, -0.2) is 4.79 Å². The van der Waals surface area contributed by atoms with E-state index >= 15 is 0 Å². The van der Waals surface area contributed by atoms with E-state index in [1.54, 1.807) is 19.1 Å². The molecule has 2 rings (SSSR count). The van der Waals surface area contributed by atoms with Crippen LogP contribution in [-0.4, -0.2) is 40.2 Å². The Morgan fingerprint density at radius 2 is 1.62 bits per heavy atom. The summed E-state index contributed by atoms with van der Waals surface area (Å²) in [6.07, 6.45) is 0. The van der Waals surface area contributed by atoms with Crippen molar-refractivity contribution in [2.45, 2.75) is 6.92 Å². The Hall–Kier alpha value is -2.90. The van der Waals surface area contributed by atoms with Crippen LogP contribution < -0.4 is 14.2 Å². The minimum atomic E-state index is -1.11. The number of benzene rings is 1. The van der Waals surface area contributed by atoms with Gasteiger partial charge < -0.3 is 19.3 Å². The van der Waals surface area contributed by atoms with Gasteiger partial charge in [-0.15, -0.1) is 15.0 Å². The highest BCUT2D eigenvalue weighted by molar-refractivity contribution is 5.91. The number of hydrogen-bond donors (Lipinski definition) is 1. The molecule has 110 valence electrons. The van der Waals surface area contributed by atoms with Crippen molar-refractivity contribution in [1.82, 2.24) is 15.0 Å². The van der Waals surface area contributed by atoms with Gasteiger partial charge in [0.2, 0.25) is 0 Å². The van der Waals surface area contributed by atoms with Crippen molar-refractivity contribution >= 4 is 5.97 Å². The number of aryl methyl sites for hydroxylation is 1. The van der Waals surface area contributed by atoms with Crippen LogP contribution in [0.25, 0.3) is 0 Å². The molecule has 1 aromatic heterocycles. The third kappa shape index (κ3) is 3.16. The van der Waals surface area contributed by atoms with Gasteiger partial charge in [0, 0.05) is 0 Å². The summed E-state index contributed by atoms with van der Waals surface area (Å²) in [6.45, 7) is 1.72. The van der Waals surface area contributed by atoms with E-state index in [4.69, 9.17) is 14.2 Å². The van der Waals surface area contributed by atoms with Crippen LogP contribution in [0.1, 0.15) is 15.9 Å². The van der Waals surface area contributed by atoms with E-state index in [1.165, 1.54) is 20.3 Å². The first-order valence-electron chi connectivity index (χ1n) is 5.90. The van der Waals surface area contributed by atoms with Gasteiger partial charge in [-0.3, -0.25) is 0 Å². The lowest BCUT2D eigenvalue weighted by Gasteiger charge is -2.10. The number of carboxylic acid groups (broad SMARTS) is 1. The molecule has 0 amide bonds. The Bertz CT molecular complexity index is 653. The molecule has 0 atom stereocenters. The summed E-state index contributed by atoms with van der Waals surface area (Å²) in [5.41, 5.74) is 0.640. The maximum Gasteiger partial charge on any atom is 0.339 e. The molecule has 1 aromatic carbocycles. The minimum Gasteiger partial charge on any atom is -0.478 e. The molecule has 0 unspecified atom stereocenters. The molecular formula is C13H13N3O5. The molecule has 1 heterocycles. The quantitative estimate of drug-likeness (QED) is 0.887. The fourth-order valence-corrected chi connectivity index (χ4v) is 1.60. The number of rotatable bonds is 5. The Morgan fingerprint density at radius 3 is 2.14 bits per heavy atom. The highest BCUT2D eigenvalue weighted by Crippen LogP contribution is 2.28. The molecule has 0 aliphatic heterocycles. The zero-order valence-electron chi connectivity index (χ0n) is 11.7. The van der Waals surface area contributed by atoms with E-state index in [1.807, 2.05) is 0 Å². The minimum absolute atomic E-state index is 0.00214. The van der Waals surface area contributed by atoms with E-state index < -0.39 is 5.97 Å². The molecule has 8 heteroatoms. The Kier molecular flexibility index (Phi) is 4.17. The summed E-state index contributed by atoms with van der Waals surface area (Å²) in [7, 11) is 2.77. The Balaban J connectivity index is 2.45. The van der Waals surface area contributed by atoms with Gasteiger partial charge in [0.05, 0.1) is 14.2 Å². The topological polar surface area (TPSA) is 104 Å². The second kappa shape index (κ2) is 6.04. The molecule has 0 spiro atoms. The normalized spacial score (nSPS) is 10.0. The number of hydrogen-bond acceptors (Lipinski definition) is 7. The molecule has 0 bridgehead atoms. The number of carboxylic acids is 1. The number of para-hydroxylation sites is 1. The predicted molar refractivity (Wildman–Crippen MR) is 71.1 cm³/mol. The van der Waals surface area contributed by atoms with E-state index in [9.17, 15) is 9.90 Å². The summed E-state index contributed by atoms with van der Waals surface area (Å²) in [6, 6.07) is 4.66. The first kappa shape index (κ1) is 14.5. The molecule has 0 aliphatic carbocycles. The van der Waals surface area contributed by atoms with Crippen LogP contribution in [0.15, 0.2) is 18.2 Å². The molecule has 1 N–H and O–H groups in total. The van der Waals surface area contributed by atoms with Gasteiger partial charge in [0.1, 0.15) is 11.3 Å². The summed E-state index contributed by atoms with van der Waals surface area (Å²) in [5, 5.41) is 9.19. The van der Waals surface area contributed by atoms with Crippen LogP contribution in [0.4, 0.5) is 0 Å². The van der Waals surface area contributed by atoms with Gasteiger partial charge in [-0.1, -0.05) is 12.1 Å². The Labute approximate surface area is 120 Å². The molecule has 0 radical (unpaired) electrons. The lowest BCUT2D eigenvalue weighted by Crippen LogP contribution is -2.05. The van der Waals surface area contributed by atoms with Crippen LogP contribution in [0.5, 0.6) is 23.8 Å². The fraction of sp³-hybridized carbons (Fsp3) is 0.231. The average molecular weight is 291 g/mol. The largest absolute Gasteiger partial charge is 0.478 e. The number of aromatic nitrogens is 3. The average Bonchev–Trinajstić information content (AvgIpc) is 2.48. The first-order valence-corrected chi connectivity index (χ1v) is 5.90. The number of nitrogens with zero attached hydrogens (tertiary/aromatic N) is 3. The summed E-state index contributed by atoms with van der Waals surface area (Å²) < 4.78 is 15.3. The molecule has 2 aromatic rings. The van der Waals surface area contributed by atoms with Crippen molar-refractivity contribution in [2.75, 3.05) is 14.2 Å². The fourth-order valence-electron chi connectivity index (χ4n) is 1.60. The number of ether oxygens (including phenoxy) is 3. The van der Waals surface area contributed by atoms with Crippen LogP contribution in [0, 0.1) is 6.92 Å². The summed E-state index contributed by atoms with van der Waals surface area (Å²) >= 11 is 0. The monoisotopic (exact) mass is 291 g/mol. The van der Waals surface area contributed by atoms with E-state index in [-0.39, 0.29) is 29.3 Å². The predicted octanol–water partition coefficient (Wildman–Crippen LogP) is 1.69. The molecule has 0 fully saturated rings. The second-order valence-electron chi connectivity index (χ2n) is 3.95. The van der Waals surface area contributed by atoms with Crippen molar-refractivity contribution in [3.8, 4) is 23.8 Å². The van der Waals surface area contributed by atoms with Gasteiger partial charge in [-0.2, -0.15) is 0 Å². The first-order chi connectivity index (χ1) is 10.0. The van der Waals surface area contributed by atoms with Crippen LogP contribution in [0.2, 0.25) is 0 Å². The highest BCUT2D eigenvalue weighted by Gasteiger charge is 2.17. The standard InChI is InChI=1S/C13H13N3O5/c1-7-5-4-6-8(10(17)18)9(7)21-13-15-11(19-2)14-12(16-13)20-3/h4-6H,1-3H3,(H,17,18). The third-order valence-electron chi connectivity index (χ3n) is 2.57. The van der Waals surface area contributed by atoms with Crippen LogP contribution in [-0.2, 0) is 0 Å². The van der Waals surface area contributed by atoms with Gasteiger partial charge in [0.15, 0.2) is 0 Å². The Morgan fingerprint density at radius 1 is 1.05 bits per heavy atom. The number of carbonyl (C=O) groups is 1. The van der Waals surface area contributed by atoms with Crippen molar-refractivity contribution in [3.05, 3.63) is 29.3 Å². The maximum absolute atomic E-state index is 11.2. The van der Waals surface area contributed by atoms with Gasteiger partial charge in [0.25, 0.3) is 0 Å². The van der Waals surface area contributed by atoms with Crippen LogP contribution in [0.3, 0.4) is 0 Å². The second-order valence-corrected chi connectivity index (χ2v) is 3.95. The van der Waals surface area contributed by atoms with Gasteiger partial charge >= 0.3 is 24.0 Å². The lowest BCUT2D eigenvalue weighted by atomic mass is 10.1. The van der Waals surface area contributed by atoms with Crippen molar-refractivity contribution in [1.29, 1.82) is 0 Å². The molecule has 8 nitrogen and oxygen atoms in total. The number of aromatic carboxylic acids is 1. The maximum atomic E-state index is 11.2. The third-order valence-corrected chi connectivity index (χ3v) is 2.57. The smallest absolute Gasteiger partial charge is 0.339 e. The van der Waals surface area contributed by atoms with Crippen molar-refractivity contribution in [2.24, 2.45) is 0 Å². The van der Waals surface area contributed by atoms with E-state index in [0.29, 0.717) is 5.56 Å². The molecule has 0 saturated carbocycles. The SMILES string of the molecule is COc1nc(OC)nc(Oc2c(C)cccc2C(=O)O)n1. The summed E-state index contributed by atoms with van der Waals surface area (Å²) in [5.74, 6) is -0.956. The zero-order valence-corrected chi connectivity index (χ0v) is 11.7. The molecule has 0 saturated heterocycles. The van der Waals surface area contributed by atoms with Gasteiger partial charge in [-0.05, 0) is 18.6 Å². The molecular weight excluding hydrogens is 278 g/mol.